The monoisotopic (exact) mass is 940 g/mol. The van der Waals surface area contributed by atoms with Crippen LogP contribution in [0.1, 0.15) is 0 Å². The van der Waals surface area contributed by atoms with Crippen LogP contribution in [0, 0.1) is 0 Å². The Kier molecular flexibility index (Phi) is 8.71. The molecular weight excluding hydrogens is 897 g/mol. The minimum absolute atomic E-state index is 1.01. The predicted molar refractivity (Wildman–Crippen MR) is 314 cm³/mol. The Hall–Kier alpha value is -9.90. The van der Waals surface area contributed by atoms with Gasteiger partial charge in [-0.2, -0.15) is 0 Å². The average molecular weight is 941 g/mol. The maximum absolute atomic E-state index is 2.51. The standard InChI is InChI=1S/C70H44N4/c1-5-17-57-45(13-1)25-29-49-41-53(33-37-61(49)57)71-65-21-9-10-22-66(65)72(54-34-38-62-50(42-54)30-26-46-14-2-6-18-58(46)62)69(71)70-73(55-35-39-63-51(43-55)31-27-47-15-3-7-19-59(47)63)67-23-11-12-24-68(67)74(70)56-36-40-64-52(44-56)32-28-48-16-4-8-20-60(48)64/h1-44H. The number of nitrogens with zero attached hydrogens (tertiary/aromatic N) is 4. The maximum Gasteiger partial charge on any atom is 0.166 e. The van der Waals surface area contributed by atoms with E-state index in [1.54, 1.807) is 0 Å². The van der Waals surface area contributed by atoms with Crippen LogP contribution in [0.4, 0.5) is 45.5 Å². The molecule has 74 heavy (non-hydrogen) atoms. The topological polar surface area (TPSA) is 13.0 Å². The SMILES string of the molecule is c1ccc2c(c1)N(c1ccc3c(ccc4ccccc43)c1)C(=C1N(c3ccc4c(ccc5ccccc54)c3)c3ccccc3N1c1ccc3c(ccc4ccccc43)c1)N2c1ccc2c(ccc3ccccc32)c1. The zero-order valence-corrected chi connectivity index (χ0v) is 40.2. The molecule has 0 atom stereocenters. The molecule has 0 fully saturated rings. The van der Waals surface area contributed by atoms with E-state index in [1.165, 1.54) is 86.2 Å². The molecule has 14 aromatic rings. The van der Waals surface area contributed by atoms with Gasteiger partial charge >= 0.3 is 0 Å². The van der Waals surface area contributed by atoms with E-state index in [9.17, 15) is 0 Å². The van der Waals surface area contributed by atoms with E-state index in [-0.39, 0.29) is 0 Å². The largest absolute Gasteiger partial charge is 0.291 e. The van der Waals surface area contributed by atoms with Crippen molar-refractivity contribution in [1.29, 1.82) is 0 Å². The second kappa shape index (κ2) is 15.8. The lowest BCUT2D eigenvalue weighted by Crippen LogP contribution is -2.33. The van der Waals surface area contributed by atoms with Gasteiger partial charge in [-0.25, -0.2) is 0 Å². The number of fused-ring (bicyclic) bond motifs is 14. The highest BCUT2D eigenvalue weighted by molar-refractivity contribution is 6.14. The summed E-state index contributed by atoms with van der Waals surface area (Å²) >= 11 is 0. The first-order chi connectivity index (χ1) is 36.7. The molecule has 0 bridgehead atoms. The fraction of sp³-hybridized carbons (Fsp3) is 0. The summed E-state index contributed by atoms with van der Waals surface area (Å²) < 4.78 is 0. The molecule has 0 N–H and O–H groups in total. The molecule has 2 heterocycles. The first-order valence-electron chi connectivity index (χ1n) is 25.5. The first kappa shape index (κ1) is 40.8. The zero-order chi connectivity index (χ0) is 48.4. The van der Waals surface area contributed by atoms with Crippen molar-refractivity contribution in [2.45, 2.75) is 0 Å². The van der Waals surface area contributed by atoms with Gasteiger partial charge in [0.1, 0.15) is 0 Å². The highest BCUT2D eigenvalue weighted by Crippen LogP contribution is 2.58. The van der Waals surface area contributed by atoms with Crippen LogP contribution in [0.15, 0.2) is 279 Å². The van der Waals surface area contributed by atoms with E-state index in [4.69, 9.17) is 0 Å². The van der Waals surface area contributed by atoms with Gasteiger partial charge in [-0.3, -0.25) is 19.6 Å². The number of rotatable bonds is 4. The molecular formula is C70H44N4. The molecule has 0 unspecified atom stereocenters. The van der Waals surface area contributed by atoms with Crippen LogP contribution in [-0.4, -0.2) is 0 Å². The van der Waals surface area contributed by atoms with Crippen LogP contribution >= 0.6 is 0 Å². The summed E-state index contributed by atoms with van der Waals surface area (Å²) in [6.07, 6.45) is 0. The Bertz CT molecular complexity index is 4130. The fourth-order valence-corrected chi connectivity index (χ4v) is 12.3. The van der Waals surface area contributed by atoms with Crippen molar-refractivity contribution in [2.24, 2.45) is 0 Å². The van der Waals surface area contributed by atoms with E-state index in [1.807, 2.05) is 0 Å². The third kappa shape index (κ3) is 6.03. The zero-order valence-electron chi connectivity index (χ0n) is 40.2. The maximum atomic E-state index is 2.51. The molecule has 4 heteroatoms. The number of benzene rings is 14. The van der Waals surface area contributed by atoms with Crippen molar-refractivity contribution in [2.75, 3.05) is 19.6 Å². The van der Waals surface area contributed by atoms with Crippen LogP contribution < -0.4 is 19.6 Å². The highest BCUT2D eigenvalue weighted by atomic mass is 15.5. The van der Waals surface area contributed by atoms with Gasteiger partial charge in [-0.1, -0.05) is 194 Å². The van der Waals surface area contributed by atoms with Gasteiger partial charge in [0.05, 0.1) is 22.7 Å². The second-order valence-electron chi connectivity index (χ2n) is 19.7. The second-order valence-corrected chi connectivity index (χ2v) is 19.7. The molecule has 0 aliphatic carbocycles. The van der Waals surface area contributed by atoms with E-state index in [0.29, 0.717) is 0 Å². The van der Waals surface area contributed by atoms with Crippen molar-refractivity contribution in [3.05, 3.63) is 279 Å². The molecule has 4 nitrogen and oxygen atoms in total. The van der Waals surface area contributed by atoms with E-state index in [2.05, 4.69) is 287 Å². The number of para-hydroxylation sites is 4. The first-order valence-corrected chi connectivity index (χ1v) is 25.5. The third-order valence-electron chi connectivity index (χ3n) is 15.7. The Morgan fingerprint density at radius 3 is 0.622 bits per heavy atom. The molecule has 0 radical (unpaired) electrons. The summed E-state index contributed by atoms with van der Waals surface area (Å²) in [4.78, 5) is 10.1. The van der Waals surface area contributed by atoms with Gasteiger partial charge in [0.25, 0.3) is 0 Å². The molecule has 14 aromatic carbocycles. The Balaban J connectivity index is 1.03. The summed E-state index contributed by atoms with van der Waals surface area (Å²) in [5.74, 6) is 2.03. The highest BCUT2D eigenvalue weighted by Gasteiger charge is 2.44. The van der Waals surface area contributed by atoms with Gasteiger partial charge in [-0.15, -0.1) is 0 Å². The summed E-state index contributed by atoms with van der Waals surface area (Å²) in [5, 5.41) is 19.6. The molecule has 2 aliphatic heterocycles. The van der Waals surface area contributed by atoms with Crippen molar-refractivity contribution >= 4 is 132 Å². The van der Waals surface area contributed by atoms with Gasteiger partial charge in [0, 0.05) is 22.7 Å². The lowest BCUT2D eigenvalue weighted by Gasteiger charge is -2.34. The van der Waals surface area contributed by atoms with Crippen molar-refractivity contribution < 1.29 is 0 Å². The molecule has 0 saturated carbocycles. The molecule has 0 saturated heterocycles. The summed E-state index contributed by atoms with van der Waals surface area (Å²) in [7, 11) is 0. The minimum atomic E-state index is 1.01. The van der Waals surface area contributed by atoms with E-state index < -0.39 is 0 Å². The lowest BCUT2D eigenvalue weighted by molar-refractivity contribution is 1.01. The van der Waals surface area contributed by atoms with Crippen LogP contribution in [-0.2, 0) is 0 Å². The molecule has 0 aromatic heterocycles. The smallest absolute Gasteiger partial charge is 0.166 e. The van der Waals surface area contributed by atoms with Gasteiger partial charge in [-0.05, 0) is 159 Å². The van der Waals surface area contributed by atoms with E-state index >= 15 is 0 Å². The van der Waals surface area contributed by atoms with Crippen LogP contribution in [0.3, 0.4) is 0 Å². The fourth-order valence-electron chi connectivity index (χ4n) is 12.3. The lowest BCUT2D eigenvalue weighted by atomic mass is 10.0. The normalized spacial score (nSPS) is 13.5. The molecule has 344 valence electrons. The summed E-state index contributed by atoms with van der Waals surface area (Å²) in [6.45, 7) is 0. The predicted octanol–water partition coefficient (Wildman–Crippen LogP) is 19.3. The van der Waals surface area contributed by atoms with Crippen molar-refractivity contribution in [3.63, 3.8) is 0 Å². The Morgan fingerprint density at radius 2 is 0.365 bits per heavy atom. The van der Waals surface area contributed by atoms with Gasteiger partial charge in [0.2, 0.25) is 0 Å². The van der Waals surface area contributed by atoms with E-state index in [0.717, 1.165) is 57.1 Å². The Morgan fingerprint density at radius 1 is 0.162 bits per heavy atom. The number of hydrogen-bond acceptors (Lipinski definition) is 4. The van der Waals surface area contributed by atoms with Crippen LogP contribution in [0.5, 0.6) is 0 Å². The van der Waals surface area contributed by atoms with Crippen molar-refractivity contribution in [3.8, 4) is 0 Å². The molecule has 16 rings (SSSR count). The molecule has 0 amide bonds. The van der Waals surface area contributed by atoms with Gasteiger partial charge in [0.15, 0.2) is 11.6 Å². The Labute approximate surface area is 427 Å². The quantitative estimate of drug-likeness (QED) is 0.163. The molecule has 2 aliphatic rings. The van der Waals surface area contributed by atoms with Crippen molar-refractivity contribution in [1.82, 2.24) is 0 Å². The van der Waals surface area contributed by atoms with Crippen LogP contribution in [0.25, 0.3) is 86.2 Å². The van der Waals surface area contributed by atoms with Gasteiger partial charge < -0.3 is 0 Å². The third-order valence-corrected chi connectivity index (χ3v) is 15.7. The summed E-state index contributed by atoms with van der Waals surface area (Å²) in [5.41, 5.74) is 8.68. The average Bonchev–Trinajstić information content (AvgIpc) is 4.02. The molecule has 0 spiro atoms. The summed E-state index contributed by atoms with van der Waals surface area (Å²) in [6, 6.07) is 99.0. The van der Waals surface area contributed by atoms with Crippen LogP contribution in [0.2, 0.25) is 0 Å². The number of anilines is 8. The number of hydrogen-bond donors (Lipinski definition) is 0. The minimum Gasteiger partial charge on any atom is -0.291 e.